The number of nitrogens with zero attached hydrogens (tertiary/aromatic N) is 2. The van der Waals surface area contributed by atoms with Gasteiger partial charge in [0.2, 0.25) is 0 Å². The van der Waals surface area contributed by atoms with E-state index in [9.17, 15) is 8.78 Å². The number of halogens is 3. The summed E-state index contributed by atoms with van der Waals surface area (Å²) in [5.41, 5.74) is 7.36. The molecule has 3 rings (SSSR count). The summed E-state index contributed by atoms with van der Waals surface area (Å²) < 4.78 is 27.9. The van der Waals surface area contributed by atoms with Crippen molar-refractivity contribution in [3.05, 3.63) is 29.4 Å². The number of nitrogen functional groups attached to an aromatic ring is 1. The summed E-state index contributed by atoms with van der Waals surface area (Å²) in [5.74, 6) is -2.81. The molecular formula is C14H15ClF2N4. The molecule has 2 aromatic rings. The van der Waals surface area contributed by atoms with Gasteiger partial charge in [-0.1, -0.05) is 11.6 Å². The van der Waals surface area contributed by atoms with Crippen LogP contribution in [0.1, 0.15) is 0 Å². The summed E-state index contributed by atoms with van der Waals surface area (Å²) >= 11 is 5.99. The maximum Gasteiger partial charge on any atom is 0.281 e. The Bertz CT molecular complexity index is 687. The van der Waals surface area contributed by atoms with Crippen molar-refractivity contribution in [2.75, 3.05) is 31.2 Å². The molecule has 0 aliphatic carbocycles. The van der Waals surface area contributed by atoms with Crippen molar-refractivity contribution < 1.29 is 8.78 Å². The molecule has 1 unspecified atom stereocenters. The van der Waals surface area contributed by atoms with Crippen LogP contribution < -0.4 is 11.1 Å². The van der Waals surface area contributed by atoms with Gasteiger partial charge < -0.3 is 11.1 Å². The Morgan fingerprint density at radius 2 is 2.24 bits per heavy atom. The lowest BCUT2D eigenvalue weighted by atomic mass is 10.1. The molecule has 0 bridgehead atoms. The maximum absolute atomic E-state index is 14.0. The molecule has 0 spiro atoms. The summed E-state index contributed by atoms with van der Waals surface area (Å²) in [6.45, 7) is -0.0227. The highest BCUT2D eigenvalue weighted by molar-refractivity contribution is 6.31. The van der Waals surface area contributed by atoms with Crippen molar-refractivity contribution in [1.82, 2.24) is 9.88 Å². The Morgan fingerprint density at radius 3 is 2.90 bits per heavy atom. The Kier molecular flexibility index (Phi) is 3.37. The van der Waals surface area contributed by atoms with E-state index < -0.39 is 12.0 Å². The smallest absolute Gasteiger partial charge is 0.281 e. The van der Waals surface area contributed by atoms with E-state index >= 15 is 0 Å². The van der Waals surface area contributed by atoms with E-state index in [-0.39, 0.29) is 13.1 Å². The highest BCUT2D eigenvalue weighted by Crippen LogP contribution is 2.35. The van der Waals surface area contributed by atoms with Gasteiger partial charge in [-0.2, -0.15) is 0 Å². The van der Waals surface area contributed by atoms with Gasteiger partial charge in [0.25, 0.3) is 5.92 Å². The standard InChI is InChI=1S/C14H15ClF2N4/c1-21-6-12(14(16,17)7-21)20-13-9-4-8(15)2-3-11(9)19-5-10(13)18/h2-5,12H,6-7,18H2,1H3,(H,19,20). The van der Waals surface area contributed by atoms with Crippen molar-refractivity contribution in [3.63, 3.8) is 0 Å². The fourth-order valence-corrected chi connectivity index (χ4v) is 2.82. The number of rotatable bonds is 2. The van der Waals surface area contributed by atoms with Gasteiger partial charge in [-0.15, -0.1) is 0 Å². The topological polar surface area (TPSA) is 54.2 Å². The summed E-state index contributed by atoms with van der Waals surface area (Å²) in [5, 5.41) is 4.04. The molecule has 0 radical (unpaired) electrons. The predicted molar refractivity (Wildman–Crippen MR) is 81.0 cm³/mol. The molecule has 1 aliphatic rings. The highest BCUT2D eigenvalue weighted by Gasteiger charge is 2.47. The van der Waals surface area contributed by atoms with Crippen LogP contribution in [0.2, 0.25) is 5.02 Å². The number of benzene rings is 1. The van der Waals surface area contributed by atoms with Gasteiger partial charge in [-0.25, -0.2) is 8.78 Å². The van der Waals surface area contributed by atoms with Crippen LogP contribution in [0.25, 0.3) is 10.9 Å². The molecular weight excluding hydrogens is 298 g/mol. The molecule has 1 atom stereocenters. The zero-order chi connectivity index (χ0) is 15.2. The normalized spacial score (nSPS) is 21.8. The van der Waals surface area contributed by atoms with Crippen LogP contribution >= 0.6 is 11.6 Å². The highest BCUT2D eigenvalue weighted by atomic mass is 35.5. The summed E-state index contributed by atoms with van der Waals surface area (Å²) in [6, 6.07) is 4.13. The van der Waals surface area contributed by atoms with E-state index in [1.807, 2.05) is 0 Å². The molecule has 21 heavy (non-hydrogen) atoms. The molecule has 1 aromatic carbocycles. The third-order valence-corrected chi connectivity index (χ3v) is 3.90. The first-order chi connectivity index (χ1) is 9.87. The van der Waals surface area contributed by atoms with E-state index in [0.29, 0.717) is 27.3 Å². The first-order valence-corrected chi connectivity index (χ1v) is 6.91. The molecule has 0 saturated carbocycles. The number of pyridine rings is 1. The predicted octanol–water partition coefficient (Wildman–Crippen LogP) is 2.83. The monoisotopic (exact) mass is 312 g/mol. The second kappa shape index (κ2) is 4.96. The first-order valence-electron chi connectivity index (χ1n) is 6.53. The second-order valence-corrected chi connectivity index (χ2v) is 5.84. The van der Waals surface area contributed by atoms with Crippen molar-refractivity contribution in [2.24, 2.45) is 0 Å². The van der Waals surface area contributed by atoms with Gasteiger partial charge >= 0.3 is 0 Å². The Labute approximate surface area is 125 Å². The van der Waals surface area contributed by atoms with Crippen LogP contribution in [0.15, 0.2) is 24.4 Å². The SMILES string of the molecule is CN1CC(Nc2c(N)cnc3ccc(Cl)cc23)C(F)(F)C1. The molecule has 3 N–H and O–H groups in total. The maximum atomic E-state index is 14.0. The molecule has 7 heteroatoms. The van der Waals surface area contributed by atoms with Crippen molar-refractivity contribution in [3.8, 4) is 0 Å². The van der Waals surface area contributed by atoms with Crippen molar-refractivity contribution >= 4 is 33.9 Å². The van der Waals surface area contributed by atoms with Gasteiger partial charge in [0, 0.05) is 17.0 Å². The lowest BCUT2D eigenvalue weighted by Crippen LogP contribution is -2.38. The van der Waals surface area contributed by atoms with Crippen LogP contribution in [0, 0.1) is 0 Å². The third-order valence-electron chi connectivity index (χ3n) is 3.66. The molecule has 1 aromatic heterocycles. The third kappa shape index (κ3) is 2.61. The average Bonchev–Trinajstić information content (AvgIpc) is 2.65. The minimum atomic E-state index is -2.81. The Morgan fingerprint density at radius 1 is 1.48 bits per heavy atom. The number of nitrogens with one attached hydrogen (secondary N) is 1. The van der Waals surface area contributed by atoms with Gasteiger partial charge in [0.05, 0.1) is 29.6 Å². The van der Waals surface area contributed by atoms with E-state index in [0.717, 1.165) is 0 Å². The Balaban J connectivity index is 2.04. The molecule has 0 amide bonds. The summed E-state index contributed by atoms with van der Waals surface area (Å²) in [7, 11) is 1.67. The van der Waals surface area contributed by atoms with Crippen LogP contribution in [0.4, 0.5) is 20.2 Å². The van der Waals surface area contributed by atoms with Crippen molar-refractivity contribution in [2.45, 2.75) is 12.0 Å². The van der Waals surface area contributed by atoms with E-state index in [4.69, 9.17) is 17.3 Å². The average molecular weight is 313 g/mol. The minimum absolute atomic E-state index is 0.247. The zero-order valence-corrected chi connectivity index (χ0v) is 12.2. The lowest BCUT2D eigenvalue weighted by molar-refractivity contribution is 0.00610. The van der Waals surface area contributed by atoms with Crippen LogP contribution in [-0.2, 0) is 0 Å². The van der Waals surface area contributed by atoms with E-state index in [1.165, 1.54) is 6.20 Å². The minimum Gasteiger partial charge on any atom is -0.396 e. The second-order valence-electron chi connectivity index (χ2n) is 5.40. The van der Waals surface area contributed by atoms with Crippen LogP contribution in [0.3, 0.4) is 0 Å². The number of alkyl halides is 2. The molecule has 1 fully saturated rings. The number of likely N-dealkylation sites (N-methyl/N-ethyl adjacent to an activating group) is 1. The fourth-order valence-electron chi connectivity index (χ4n) is 2.65. The Hall–Kier alpha value is -1.66. The summed E-state index contributed by atoms with van der Waals surface area (Å²) in [6.07, 6.45) is 1.47. The fraction of sp³-hybridized carbons (Fsp3) is 0.357. The number of likely N-dealkylation sites (tertiary alicyclic amines) is 1. The zero-order valence-electron chi connectivity index (χ0n) is 11.4. The number of nitrogens with two attached hydrogens (primary N) is 1. The van der Waals surface area contributed by atoms with E-state index in [2.05, 4.69) is 10.3 Å². The van der Waals surface area contributed by atoms with Crippen LogP contribution in [-0.4, -0.2) is 42.0 Å². The molecule has 112 valence electrons. The number of aromatic nitrogens is 1. The largest absolute Gasteiger partial charge is 0.396 e. The quantitative estimate of drug-likeness (QED) is 0.895. The number of fused-ring (bicyclic) bond motifs is 1. The first kappa shape index (κ1) is 14.3. The van der Waals surface area contributed by atoms with Crippen LogP contribution in [0.5, 0.6) is 0 Å². The molecule has 4 nitrogen and oxygen atoms in total. The number of hydrogen-bond acceptors (Lipinski definition) is 4. The summed E-state index contributed by atoms with van der Waals surface area (Å²) in [4.78, 5) is 5.77. The molecule has 2 heterocycles. The van der Waals surface area contributed by atoms with Gasteiger partial charge in [0.15, 0.2) is 0 Å². The van der Waals surface area contributed by atoms with Gasteiger partial charge in [-0.3, -0.25) is 9.88 Å². The lowest BCUT2D eigenvalue weighted by Gasteiger charge is -2.22. The number of hydrogen-bond donors (Lipinski definition) is 2. The van der Waals surface area contributed by atoms with Gasteiger partial charge in [-0.05, 0) is 25.2 Å². The van der Waals surface area contributed by atoms with E-state index in [1.54, 1.807) is 30.1 Å². The van der Waals surface area contributed by atoms with Gasteiger partial charge in [0.1, 0.15) is 6.04 Å². The molecule has 1 aliphatic heterocycles. The molecule has 1 saturated heterocycles. The number of anilines is 2. The van der Waals surface area contributed by atoms with Crippen molar-refractivity contribution in [1.29, 1.82) is 0 Å².